The van der Waals surface area contributed by atoms with Gasteiger partial charge in [-0.3, -0.25) is 4.79 Å². The third-order valence-corrected chi connectivity index (χ3v) is 4.53. The molecule has 2 saturated carbocycles. The van der Waals surface area contributed by atoms with Crippen molar-refractivity contribution in [3.05, 3.63) is 0 Å². The third kappa shape index (κ3) is 3.44. The van der Waals surface area contributed by atoms with Gasteiger partial charge in [0, 0.05) is 18.5 Å². The van der Waals surface area contributed by atoms with E-state index in [1.54, 1.807) is 0 Å². The summed E-state index contributed by atoms with van der Waals surface area (Å²) in [5.74, 6) is 1.16. The summed E-state index contributed by atoms with van der Waals surface area (Å²) >= 11 is 0. The molecular weight excluding hydrogens is 212 g/mol. The Bertz CT molecular complexity index is 243. The summed E-state index contributed by atoms with van der Waals surface area (Å²) < 4.78 is 0. The first-order chi connectivity index (χ1) is 8.31. The fourth-order valence-electron chi connectivity index (χ4n) is 3.39. The predicted octanol–water partition coefficient (Wildman–Crippen LogP) is 2.20. The Morgan fingerprint density at radius 2 is 1.65 bits per heavy atom. The molecule has 3 N–H and O–H groups in total. The molecule has 3 nitrogen and oxygen atoms in total. The van der Waals surface area contributed by atoms with Crippen LogP contribution in [-0.4, -0.2) is 18.5 Å². The average Bonchev–Trinajstić information content (AvgIpc) is 2.90. The molecule has 1 atom stereocenters. The zero-order chi connectivity index (χ0) is 12.1. The maximum atomic E-state index is 12.1. The lowest BCUT2D eigenvalue weighted by Gasteiger charge is -2.30. The number of nitrogens with one attached hydrogen (secondary N) is 1. The van der Waals surface area contributed by atoms with E-state index in [4.69, 9.17) is 5.73 Å². The standard InChI is InChI=1S/C14H26N2O/c15-10-13(11-6-2-1-3-7-11)16-14(17)12-8-4-5-9-12/h11-13H,1-10,15H2,(H,16,17). The van der Waals surface area contributed by atoms with E-state index >= 15 is 0 Å². The summed E-state index contributed by atoms with van der Waals surface area (Å²) in [5, 5.41) is 3.21. The van der Waals surface area contributed by atoms with Crippen molar-refractivity contribution in [2.24, 2.45) is 17.6 Å². The highest BCUT2D eigenvalue weighted by molar-refractivity contribution is 5.79. The first-order valence-corrected chi connectivity index (χ1v) is 7.31. The molecule has 1 amide bonds. The predicted molar refractivity (Wildman–Crippen MR) is 69.5 cm³/mol. The molecule has 2 fully saturated rings. The van der Waals surface area contributed by atoms with Gasteiger partial charge >= 0.3 is 0 Å². The number of carbonyl (C=O) groups is 1. The Morgan fingerprint density at radius 3 is 2.24 bits per heavy atom. The minimum atomic E-state index is 0.225. The molecule has 0 bridgehead atoms. The first-order valence-electron chi connectivity index (χ1n) is 7.31. The van der Waals surface area contributed by atoms with E-state index in [-0.39, 0.29) is 17.9 Å². The lowest BCUT2D eigenvalue weighted by atomic mass is 9.83. The van der Waals surface area contributed by atoms with Crippen LogP contribution < -0.4 is 11.1 Å². The molecule has 0 aromatic rings. The summed E-state index contributed by atoms with van der Waals surface area (Å²) in [5.41, 5.74) is 5.84. The van der Waals surface area contributed by atoms with Crippen molar-refractivity contribution in [3.8, 4) is 0 Å². The van der Waals surface area contributed by atoms with Gasteiger partial charge < -0.3 is 11.1 Å². The van der Waals surface area contributed by atoms with E-state index in [1.165, 1.54) is 44.9 Å². The Kier molecular flexibility index (Phi) is 4.84. The molecule has 0 aliphatic heterocycles. The van der Waals surface area contributed by atoms with Gasteiger partial charge in [-0.2, -0.15) is 0 Å². The minimum absolute atomic E-state index is 0.225. The van der Waals surface area contributed by atoms with Crippen LogP contribution in [0.1, 0.15) is 57.8 Å². The minimum Gasteiger partial charge on any atom is -0.352 e. The van der Waals surface area contributed by atoms with Crippen LogP contribution in [0.4, 0.5) is 0 Å². The number of carbonyl (C=O) groups excluding carboxylic acids is 1. The van der Waals surface area contributed by atoms with Gasteiger partial charge in [0.25, 0.3) is 0 Å². The van der Waals surface area contributed by atoms with Crippen LogP contribution in [0.25, 0.3) is 0 Å². The maximum Gasteiger partial charge on any atom is 0.223 e. The number of rotatable bonds is 4. The summed E-state index contributed by atoms with van der Waals surface area (Å²) in [6.45, 7) is 0.600. The van der Waals surface area contributed by atoms with Crippen LogP contribution in [-0.2, 0) is 4.79 Å². The molecule has 17 heavy (non-hydrogen) atoms. The quantitative estimate of drug-likeness (QED) is 0.789. The van der Waals surface area contributed by atoms with Crippen molar-refractivity contribution in [2.75, 3.05) is 6.54 Å². The van der Waals surface area contributed by atoms with Crippen LogP contribution in [0, 0.1) is 11.8 Å². The molecule has 2 aliphatic rings. The maximum absolute atomic E-state index is 12.1. The zero-order valence-corrected chi connectivity index (χ0v) is 10.8. The van der Waals surface area contributed by atoms with Gasteiger partial charge in [-0.05, 0) is 31.6 Å². The third-order valence-electron chi connectivity index (χ3n) is 4.53. The van der Waals surface area contributed by atoms with Gasteiger partial charge in [0.05, 0.1) is 0 Å². The Hall–Kier alpha value is -0.570. The molecule has 3 heteroatoms. The van der Waals surface area contributed by atoms with E-state index in [9.17, 15) is 4.79 Å². The fourth-order valence-corrected chi connectivity index (χ4v) is 3.39. The lowest BCUT2D eigenvalue weighted by Crippen LogP contribution is -2.47. The molecule has 0 heterocycles. The largest absolute Gasteiger partial charge is 0.352 e. The van der Waals surface area contributed by atoms with Crippen molar-refractivity contribution in [1.29, 1.82) is 0 Å². The SMILES string of the molecule is NCC(NC(=O)C1CCCC1)C1CCCCC1. The highest BCUT2D eigenvalue weighted by Gasteiger charge is 2.28. The summed E-state index contributed by atoms with van der Waals surface area (Å²) in [4.78, 5) is 12.1. The molecule has 0 saturated heterocycles. The Labute approximate surface area is 105 Å². The highest BCUT2D eigenvalue weighted by Crippen LogP contribution is 2.28. The molecule has 0 spiro atoms. The normalized spacial score (nSPS) is 24.8. The number of amides is 1. The first kappa shape index (κ1) is 12.9. The van der Waals surface area contributed by atoms with Gasteiger partial charge in [-0.25, -0.2) is 0 Å². The fraction of sp³-hybridized carbons (Fsp3) is 0.929. The molecular formula is C14H26N2O. The van der Waals surface area contributed by atoms with Crippen LogP contribution in [0.3, 0.4) is 0 Å². The van der Waals surface area contributed by atoms with Crippen molar-refractivity contribution in [1.82, 2.24) is 5.32 Å². The van der Waals surface area contributed by atoms with E-state index in [1.807, 2.05) is 0 Å². The smallest absolute Gasteiger partial charge is 0.223 e. The molecule has 0 aromatic heterocycles. The van der Waals surface area contributed by atoms with Crippen LogP contribution in [0.5, 0.6) is 0 Å². The van der Waals surface area contributed by atoms with Crippen molar-refractivity contribution in [2.45, 2.75) is 63.8 Å². The van der Waals surface area contributed by atoms with E-state index in [0.717, 1.165) is 12.8 Å². The second-order valence-corrected chi connectivity index (χ2v) is 5.73. The van der Waals surface area contributed by atoms with Gasteiger partial charge in [-0.1, -0.05) is 32.1 Å². The molecule has 2 rings (SSSR count). The van der Waals surface area contributed by atoms with E-state index in [2.05, 4.69) is 5.32 Å². The molecule has 0 aromatic carbocycles. The number of hydrogen-bond donors (Lipinski definition) is 2. The highest BCUT2D eigenvalue weighted by atomic mass is 16.1. The van der Waals surface area contributed by atoms with Crippen LogP contribution in [0.15, 0.2) is 0 Å². The second kappa shape index (κ2) is 6.39. The monoisotopic (exact) mass is 238 g/mol. The topological polar surface area (TPSA) is 55.1 Å². The van der Waals surface area contributed by atoms with Crippen molar-refractivity contribution >= 4 is 5.91 Å². The summed E-state index contributed by atoms with van der Waals surface area (Å²) in [6.07, 6.45) is 11.0. The molecule has 0 radical (unpaired) electrons. The van der Waals surface area contributed by atoms with Crippen LogP contribution in [0.2, 0.25) is 0 Å². The molecule has 98 valence electrons. The average molecular weight is 238 g/mol. The second-order valence-electron chi connectivity index (χ2n) is 5.73. The summed E-state index contributed by atoms with van der Waals surface area (Å²) in [6, 6.07) is 0.225. The number of hydrogen-bond acceptors (Lipinski definition) is 2. The zero-order valence-electron chi connectivity index (χ0n) is 10.8. The van der Waals surface area contributed by atoms with E-state index in [0.29, 0.717) is 12.5 Å². The van der Waals surface area contributed by atoms with Gasteiger partial charge in [0.15, 0.2) is 0 Å². The van der Waals surface area contributed by atoms with Gasteiger partial charge in [-0.15, -0.1) is 0 Å². The summed E-state index contributed by atoms with van der Waals surface area (Å²) in [7, 11) is 0. The Morgan fingerprint density at radius 1 is 1.06 bits per heavy atom. The molecule has 2 aliphatic carbocycles. The van der Waals surface area contributed by atoms with Gasteiger partial charge in [0.2, 0.25) is 5.91 Å². The van der Waals surface area contributed by atoms with E-state index < -0.39 is 0 Å². The number of nitrogens with two attached hydrogens (primary N) is 1. The lowest BCUT2D eigenvalue weighted by molar-refractivity contribution is -0.125. The Balaban J connectivity index is 1.82. The van der Waals surface area contributed by atoms with Gasteiger partial charge in [0.1, 0.15) is 0 Å². The van der Waals surface area contributed by atoms with Crippen molar-refractivity contribution in [3.63, 3.8) is 0 Å². The molecule has 1 unspecified atom stereocenters. The van der Waals surface area contributed by atoms with Crippen molar-refractivity contribution < 1.29 is 4.79 Å². The van der Waals surface area contributed by atoms with Crippen LogP contribution >= 0.6 is 0 Å².